The van der Waals surface area contributed by atoms with E-state index >= 15 is 0 Å². The summed E-state index contributed by atoms with van der Waals surface area (Å²) in [6.45, 7) is 2.04. The summed E-state index contributed by atoms with van der Waals surface area (Å²) in [6, 6.07) is 1.10. The van der Waals surface area contributed by atoms with Crippen molar-refractivity contribution in [2.45, 2.75) is 31.3 Å². The zero-order valence-corrected chi connectivity index (χ0v) is 8.76. The monoisotopic (exact) mass is 202 g/mol. The van der Waals surface area contributed by atoms with Crippen LogP contribution in [0.1, 0.15) is 19.3 Å². The molecule has 2 N–H and O–H groups in total. The summed E-state index contributed by atoms with van der Waals surface area (Å²) < 4.78 is 11.1. The summed E-state index contributed by atoms with van der Waals surface area (Å²) in [6.07, 6.45) is 3.56. The Morgan fingerprint density at radius 2 is 1.92 bits per heavy atom. The highest BCUT2D eigenvalue weighted by atomic mass is 32.2. The summed E-state index contributed by atoms with van der Waals surface area (Å²) in [5, 5.41) is 0. The van der Waals surface area contributed by atoms with Gasteiger partial charge in [-0.15, -0.1) is 0 Å². The summed E-state index contributed by atoms with van der Waals surface area (Å²) in [7, 11) is -0.543. The zero-order chi connectivity index (χ0) is 9.26. The molecule has 2 rings (SSSR count). The van der Waals surface area contributed by atoms with Crippen LogP contribution in [0.25, 0.3) is 0 Å². The van der Waals surface area contributed by atoms with E-state index in [1.54, 1.807) is 0 Å². The van der Waals surface area contributed by atoms with Gasteiger partial charge in [0.2, 0.25) is 0 Å². The minimum atomic E-state index is -0.543. The molecule has 2 atom stereocenters. The molecule has 2 fully saturated rings. The lowest BCUT2D eigenvalue weighted by atomic mass is 10.2. The van der Waals surface area contributed by atoms with Crippen LogP contribution in [-0.4, -0.2) is 45.8 Å². The standard InChI is InChI=1S/C9H18N2OS/c10-8-1-2-9(7-8)11-3-5-13(12)6-4-11/h8-9H,1-7,10H2. The molecule has 2 unspecified atom stereocenters. The fourth-order valence-electron chi connectivity index (χ4n) is 2.34. The lowest BCUT2D eigenvalue weighted by Crippen LogP contribution is -2.43. The number of nitrogens with two attached hydrogens (primary N) is 1. The SMILES string of the molecule is NC1CCC(N2CCS(=O)CC2)C1. The van der Waals surface area contributed by atoms with Gasteiger partial charge in [0.25, 0.3) is 0 Å². The minimum Gasteiger partial charge on any atom is -0.328 e. The van der Waals surface area contributed by atoms with Crippen LogP contribution in [0.5, 0.6) is 0 Å². The number of rotatable bonds is 1. The minimum absolute atomic E-state index is 0.414. The van der Waals surface area contributed by atoms with E-state index in [9.17, 15) is 4.21 Å². The van der Waals surface area contributed by atoms with Crippen molar-refractivity contribution < 1.29 is 4.21 Å². The van der Waals surface area contributed by atoms with E-state index in [0.29, 0.717) is 12.1 Å². The number of nitrogens with zero attached hydrogens (tertiary/aromatic N) is 1. The van der Waals surface area contributed by atoms with Gasteiger partial charge < -0.3 is 5.73 Å². The highest BCUT2D eigenvalue weighted by Crippen LogP contribution is 2.23. The lowest BCUT2D eigenvalue weighted by Gasteiger charge is -2.31. The predicted molar refractivity (Wildman–Crippen MR) is 55.1 cm³/mol. The van der Waals surface area contributed by atoms with Gasteiger partial charge >= 0.3 is 0 Å². The van der Waals surface area contributed by atoms with Crippen LogP contribution in [0.4, 0.5) is 0 Å². The molecule has 1 aliphatic carbocycles. The quantitative estimate of drug-likeness (QED) is 0.647. The highest BCUT2D eigenvalue weighted by molar-refractivity contribution is 7.85. The Kier molecular flexibility index (Phi) is 3.01. The first kappa shape index (κ1) is 9.62. The second kappa shape index (κ2) is 4.07. The Hall–Kier alpha value is 0.0700. The third-order valence-electron chi connectivity index (χ3n) is 3.17. The molecule has 1 aliphatic heterocycles. The van der Waals surface area contributed by atoms with E-state index < -0.39 is 10.8 Å². The molecule has 0 aromatic carbocycles. The molecular formula is C9H18N2OS. The second-order valence-electron chi connectivity index (χ2n) is 4.11. The zero-order valence-electron chi connectivity index (χ0n) is 7.95. The van der Waals surface area contributed by atoms with Crippen molar-refractivity contribution in [3.8, 4) is 0 Å². The normalized spacial score (nSPS) is 38.2. The molecule has 4 heteroatoms. The van der Waals surface area contributed by atoms with Crippen molar-refractivity contribution in [2.75, 3.05) is 24.6 Å². The van der Waals surface area contributed by atoms with Crippen LogP contribution in [-0.2, 0) is 10.8 Å². The van der Waals surface area contributed by atoms with E-state index in [1.807, 2.05) is 0 Å². The van der Waals surface area contributed by atoms with E-state index in [1.165, 1.54) is 12.8 Å². The van der Waals surface area contributed by atoms with E-state index in [0.717, 1.165) is 31.0 Å². The molecule has 1 saturated heterocycles. The van der Waals surface area contributed by atoms with Gasteiger partial charge in [0.05, 0.1) is 0 Å². The van der Waals surface area contributed by atoms with Gasteiger partial charge in [-0.1, -0.05) is 0 Å². The number of hydrogen-bond acceptors (Lipinski definition) is 3. The fraction of sp³-hybridized carbons (Fsp3) is 1.00. The largest absolute Gasteiger partial charge is 0.328 e. The van der Waals surface area contributed by atoms with Crippen molar-refractivity contribution in [3.63, 3.8) is 0 Å². The summed E-state index contributed by atoms with van der Waals surface area (Å²) in [5.74, 6) is 1.73. The first-order valence-electron chi connectivity index (χ1n) is 5.10. The third kappa shape index (κ3) is 2.30. The molecule has 3 nitrogen and oxygen atoms in total. The third-order valence-corrected chi connectivity index (χ3v) is 4.45. The van der Waals surface area contributed by atoms with Gasteiger partial charge in [-0.25, -0.2) is 0 Å². The Bertz CT molecular complexity index is 200. The van der Waals surface area contributed by atoms with Crippen molar-refractivity contribution in [1.82, 2.24) is 4.90 Å². The maximum absolute atomic E-state index is 11.1. The van der Waals surface area contributed by atoms with E-state index in [2.05, 4.69) is 4.90 Å². The second-order valence-corrected chi connectivity index (χ2v) is 5.81. The first-order valence-corrected chi connectivity index (χ1v) is 6.59. The Morgan fingerprint density at radius 1 is 1.23 bits per heavy atom. The molecule has 2 aliphatic rings. The van der Waals surface area contributed by atoms with Crippen LogP contribution in [0, 0.1) is 0 Å². The lowest BCUT2D eigenvalue weighted by molar-refractivity contribution is 0.216. The van der Waals surface area contributed by atoms with Crippen LogP contribution in [0.3, 0.4) is 0 Å². The van der Waals surface area contributed by atoms with Crippen LogP contribution in [0.2, 0.25) is 0 Å². The Labute approximate surface area is 82.1 Å². The maximum atomic E-state index is 11.1. The molecule has 0 aromatic heterocycles. The number of hydrogen-bond donors (Lipinski definition) is 1. The van der Waals surface area contributed by atoms with Crippen molar-refractivity contribution in [3.05, 3.63) is 0 Å². The van der Waals surface area contributed by atoms with E-state index in [4.69, 9.17) is 5.73 Å². The van der Waals surface area contributed by atoms with Gasteiger partial charge in [0.1, 0.15) is 0 Å². The van der Waals surface area contributed by atoms with Crippen LogP contribution in [0.15, 0.2) is 0 Å². The van der Waals surface area contributed by atoms with Crippen molar-refractivity contribution in [1.29, 1.82) is 0 Å². The molecule has 0 amide bonds. The summed E-state index contributed by atoms with van der Waals surface area (Å²) in [4.78, 5) is 2.48. The predicted octanol–water partition coefficient (Wildman–Crippen LogP) is -0.0695. The highest BCUT2D eigenvalue weighted by Gasteiger charge is 2.28. The van der Waals surface area contributed by atoms with Gasteiger partial charge in [-0.3, -0.25) is 9.11 Å². The van der Waals surface area contributed by atoms with Gasteiger partial charge in [-0.2, -0.15) is 0 Å². The molecule has 0 spiro atoms. The molecule has 0 bridgehead atoms. The maximum Gasteiger partial charge on any atom is 0.0363 e. The van der Waals surface area contributed by atoms with Crippen LogP contribution < -0.4 is 5.73 Å². The molecule has 76 valence electrons. The smallest absolute Gasteiger partial charge is 0.0363 e. The van der Waals surface area contributed by atoms with Gasteiger partial charge in [-0.05, 0) is 19.3 Å². The molecule has 0 aromatic rings. The fourth-order valence-corrected chi connectivity index (χ4v) is 3.42. The first-order chi connectivity index (χ1) is 6.25. The summed E-state index contributed by atoms with van der Waals surface area (Å²) >= 11 is 0. The Morgan fingerprint density at radius 3 is 2.46 bits per heavy atom. The average Bonchev–Trinajstić information content (AvgIpc) is 2.53. The molecule has 1 saturated carbocycles. The molecular weight excluding hydrogens is 184 g/mol. The van der Waals surface area contributed by atoms with Crippen molar-refractivity contribution in [2.24, 2.45) is 5.73 Å². The van der Waals surface area contributed by atoms with Gasteiger partial charge in [0, 0.05) is 47.5 Å². The van der Waals surface area contributed by atoms with Gasteiger partial charge in [0.15, 0.2) is 0 Å². The molecule has 0 radical (unpaired) electrons. The molecule has 1 heterocycles. The van der Waals surface area contributed by atoms with Crippen LogP contribution >= 0.6 is 0 Å². The average molecular weight is 202 g/mol. The topological polar surface area (TPSA) is 46.3 Å². The van der Waals surface area contributed by atoms with Crippen molar-refractivity contribution >= 4 is 10.8 Å². The van der Waals surface area contributed by atoms with E-state index in [-0.39, 0.29) is 0 Å². The summed E-state index contributed by atoms with van der Waals surface area (Å²) in [5.41, 5.74) is 5.87. The Balaban J connectivity index is 1.84. The molecule has 13 heavy (non-hydrogen) atoms.